The van der Waals surface area contributed by atoms with E-state index in [1.54, 1.807) is 6.33 Å². The Hall–Kier alpha value is -1.63. The SMILES string of the molecule is CCc1nncn1CCNC(=O)NCCC(O)CC. The fraction of sp³-hybridized carbons (Fsp3) is 0.750. The molecule has 1 rings (SSSR count). The summed E-state index contributed by atoms with van der Waals surface area (Å²) >= 11 is 0. The van der Waals surface area contributed by atoms with E-state index in [4.69, 9.17) is 0 Å². The third-order valence-corrected chi connectivity index (χ3v) is 2.88. The molecule has 1 heterocycles. The minimum atomic E-state index is -0.343. The highest BCUT2D eigenvalue weighted by molar-refractivity contribution is 5.73. The van der Waals surface area contributed by atoms with Gasteiger partial charge in [0.2, 0.25) is 0 Å². The normalized spacial score (nSPS) is 12.2. The molecule has 7 heteroatoms. The third kappa shape index (κ3) is 5.69. The molecule has 1 aromatic rings. The average molecular weight is 269 g/mol. The Balaban J connectivity index is 2.13. The molecule has 108 valence electrons. The summed E-state index contributed by atoms with van der Waals surface area (Å²) in [6.07, 6.45) is 3.42. The summed E-state index contributed by atoms with van der Waals surface area (Å²) in [7, 11) is 0. The summed E-state index contributed by atoms with van der Waals surface area (Å²) in [6.45, 7) is 5.58. The molecule has 7 nitrogen and oxygen atoms in total. The van der Waals surface area contributed by atoms with Crippen LogP contribution in [0.25, 0.3) is 0 Å². The number of aliphatic hydroxyl groups excluding tert-OH is 1. The maximum absolute atomic E-state index is 11.5. The van der Waals surface area contributed by atoms with Gasteiger partial charge in [-0.2, -0.15) is 0 Å². The molecule has 0 radical (unpaired) electrons. The van der Waals surface area contributed by atoms with Crippen molar-refractivity contribution in [3.8, 4) is 0 Å². The molecule has 0 saturated carbocycles. The molecule has 0 aliphatic heterocycles. The number of carbonyl (C=O) groups is 1. The van der Waals surface area contributed by atoms with E-state index < -0.39 is 0 Å². The first kappa shape index (κ1) is 15.4. The zero-order valence-electron chi connectivity index (χ0n) is 11.6. The fourth-order valence-corrected chi connectivity index (χ4v) is 1.65. The molecule has 0 bridgehead atoms. The van der Waals surface area contributed by atoms with Crippen LogP contribution < -0.4 is 10.6 Å². The topological polar surface area (TPSA) is 92.1 Å². The van der Waals surface area contributed by atoms with Crippen molar-refractivity contribution in [1.82, 2.24) is 25.4 Å². The first-order valence-electron chi connectivity index (χ1n) is 6.73. The number of aryl methyl sites for hydroxylation is 1. The maximum Gasteiger partial charge on any atom is 0.314 e. The second-order valence-corrected chi connectivity index (χ2v) is 4.33. The average Bonchev–Trinajstić information content (AvgIpc) is 2.86. The van der Waals surface area contributed by atoms with Crippen LogP contribution in [0.5, 0.6) is 0 Å². The van der Waals surface area contributed by atoms with Crippen LogP contribution in [0, 0.1) is 0 Å². The van der Waals surface area contributed by atoms with Crippen molar-refractivity contribution in [2.45, 2.75) is 45.8 Å². The number of amides is 2. The Kier molecular flexibility index (Phi) is 6.88. The van der Waals surface area contributed by atoms with Crippen molar-refractivity contribution < 1.29 is 9.90 Å². The summed E-state index contributed by atoms with van der Waals surface area (Å²) in [5.41, 5.74) is 0. The fourth-order valence-electron chi connectivity index (χ4n) is 1.65. The second kappa shape index (κ2) is 8.47. The molecule has 1 atom stereocenters. The lowest BCUT2D eigenvalue weighted by molar-refractivity contribution is 0.160. The molecule has 0 fully saturated rings. The van der Waals surface area contributed by atoms with Gasteiger partial charge in [-0.25, -0.2) is 4.79 Å². The lowest BCUT2D eigenvalue weighted by Gasteiger charge is -2.10. The zero-order valence-corrected chi connectivity index (χ0v) is 11.6. The Labute approximate surface area is 113 Å². The summed E-state index contributed by atoms with van der Waals surface area (Å²) < 4.78 is 1.92. The van der Waals surface area contributed by atoms with Crippen LogP contribution in [-0.2, 0) is 13.0 Å². The van der Waals surface area contributed by atoms with E-state index in [-0.39, 0.29) is 12.1 Å². The van der Waals surface area contributed by atoms with E-state index in [1.165, 1.54) is 0 Å². The lowest BCUT2D eigenvalue weighted by Crippen LogP contribution is -2.38. The van der Waals surface area contributed by atoms with Gasteiger partial charge < -0.3 is 20.3 Å². The number of rotatable bonds is 8. The number of hydrogen-bond acceptors (Lipinski definition) is 4. The zero-order chi connectivity index (χ0) is 14.1. The van der Waals surface area contributed by atoms with Crippen LogP contribution in [0.4, 0.5) is 4.79 Å². The van der Waals surface area contributed by atoms with Gasteiger partial charge in [0.05, 0.1) is 6.10 Å². The Bertz CT molecular complexity index is 380. The van der Waals surface area contributed by atoms with E-state index >= 15 is 0 Å². The monoisotopic (exact) mass is 269 g/mol. The van der Waals surface area contributed by atoms with Gasteiger partial charge in [0, 0.05) is 26.1 Å². The number of nitrogens with zero attached hydrogens (tertiary/aromatic N) is 3. The second-order valence-electron chi connectivity index (χ2n) is 4.33. The van der Waals surface area contributed by atoms with Crippen LogP contribution in [0.15, 0.2) is 6.33 Å². The molecular weight excluding hydrogens is 246 g/mol. The van der Waals surface area contributed by atoms with E-state index in [0.717, 1.165) is 12.2 Å². The molecule has 3 N–H and O–H groups in total. The quantitative estimate of drug-likeness (QED) is 0.633. The molecule has 2 amide bonds. The van der Waals surface area contributed by atoms with Gasteiger partial charge in [0.1, 0.15) is 12.2 Å². The molecule has 1 aromatic heterocycles. The first-order valence-corrected chi connectivity index (χ1v) is 6.73. The van der Waals surface area contributed by atoms with Crippen molar-refractivity contribution >= 4 is 6.03 Å². The van der Waals surface area contributed by atoms with Gasteiger partial charge in [-0.15, -0.1) is 10.2 Å². The summed E-state index contributed by atoms with van der Waals surface area (Å²) in [5, 5.41) is 22.6. The number of urea groups is 1. The molecule has 0 aliphatic carbocycles. The first-order chi connectivity index (χ1) is 9.17. The van der Waals surface area contributed by atoms with E-state index in [9.17, 15) is 9.90 Å². The van der Waals surface area contributed by atoms with Crippen molar-refractivity contribution in [3.05, 3.63) is 12.2 Å². The van der Waals surface area contributed by atoms with Crippen LogP contribution in [0.3, 0.4) is 0 Å². The Morgan fingerprint density at radius 2 is 2.16 bits per heavy atom. The predicted octanol–water partition coefficient (Wildman–Crippen LogP) is 0.301. The summed E-state index contributed by atoms with van der Waals surface area (Å²) in [4.78, 5) is 11.5. The molecular formula is C12H23N5O2. The highest BCUT2D eigenvalue weighted by Gasteiger charge is 2.04. The molecule has 0 spiro atoms. The predicted molar refractivity (Wildman–Crippen MR) is 71.7 cm³/mol. The van der Waals surface area contributed by atoms with Crippen LogP contribution >= 0.6 is 0 Å². The number of aliphatic hydroxyl groups is 1. The van der Waals surface area contributed by atoms with Crippen molar-refractivity contribution in [2.75, 3.05) is 13.1 Å². The number of carbonyl (C=O) groups excluding carboxylic acids is 1. The van der Waals surface area contributed by atoms with Crippen molar-refractivity contribution in [2.24, 2.45) is 0 Å². The van der Waals surface area contributed by atoms with Gasteiger partial charge in [-0.3, -0.25) is 0 Å². The summed E-state index contributed by atoms with van der Waals surface area (Å²) in [5.74, 6) is 0.910. The van der Waals surface area contributed by atoms with Crippen LogP contribution in [0.2, 0.25) is 0 Å². The van der Waals surface area contributed by atoms with Gasteiger partial charge in [0.15, 0.2) is 0 Å². The van der Waals surface area contributed by atoms with Crippen molar-refractivity contribution in [3.63, 3.8) is 0 Å². The highest BCUT2D eigenvalue weighted by atomic mass is 16.3. The standard InChI is InChI=1S/C12H23N5O2/c1-3-10(18)5-6-13-12(19)14-7-8-17-9-15-16-11(17)4-2/h9-10,18H,3-8H2,1-2H3,(H2,13,14,19). The Morgan fingerprint density at radius 3 is 2.84 bits per heavy atom. The Morgan fingerprint density at radius 1 is 1.42 bits per heavy atom. The van der Waals surface area contributed by atoms with Gasteiger partial charge in [0.25, 0.3) is 0 Å². The van der Waals surface area contributed by atoms with Crippen LogP contribution in [0.1, 0.15) is 32.5 Å². The van der Waals surface area contributed by atoms with E-state index in [1.807, 2.05) is 18.4 Å². The smallest absolute Gasteiger partial charge is 0.314 e. The maximum atomic E-state index is 11.5. The lowest BCUT2D eigenvalue weighted by atomic mass is 10.2. The minimum Gasteiger partial charge on any atom is -0.393 e. The van der Waals surface area contributed by atoms with Crippen LogP contribution in [-0.4, -0.2) is 45.1 Å². The van der Waals surface area contributed by atoms with Gasteiger partial charge >= 0.3 is 6.03 Å². The largest absolute Gasteiger partial charge is 0.393 e. The van der Waals surface area contributed by atoms with Gasteiger partial charge in [-0.05, 0) is 12.8 Å². The van der Waals surface area contributed by atoms with Gasteiger partial charge in [-0.1, -0.05) is 13.8 Å². The minimum absolute atomic E-state index is 0.213. The van der Waals surface area contributed by atoms with E-state index in [2.05, 4.69) is 20.8 Å². The van der Waals surface area contributed by atoms with E-state index in [0.29, 0.717) is 32.5 Å². The highest BCUT2D eigenvalue weighted by Crippen LogP contribution is 1.95. The third-order valence-electron chi connectivity index (χ3n) is 2.88. The number of nitrogens with one attached hydrogen (secondary N) is 2. The summed E-state index contributed by atoms with van der Waals surface area (Å²) in [6, 6.07) is -0.213. The molecule has 19 heavy (non-hydrogen) atoms. The molecule has 0 aliphatic rings. The number of aromatic nitrogens is 3. The number of hydrogen-bond donors (Lipinski definition) is 3. The van der Waals surface area contributed by atoms with Crippen molar-refractivity contribution in [1.29, 1.82) is 0 Å². The molecule has 0 saturated heterocycles. The molecule has 0 aromatic carbocycles. The molecule has 1 unspecified atom stereocenters.